The summed E-state index contributed by atoms with van der Waals surface area (Å²) in [5.41, 5.74) is 4.34. The molecular formula is C29H25ClN2O2S. The Morgan fingerprint density at radius 3 is 1.77 bits per heavy atom. The molecule has 6 heteroatoms. The van der Waals surface area contributed by atoms with Crippen LogP contribution in [0.3, 0.4) is 0 Å². The molecule has 4 aromatic carbocycles. The molecule has 0 amide bonds. The summed E-state index contributed by atoms with van der Waals surface area (Å²) in [7, 11) is 3.36. The Kier molecular flexibility index (Phi) is 6.98. The van der Waals surface area contributed by atoms with Gasteiger partial charge in [0.05, 0.1) is 14.2 Å². The molecule has 0 radical (unpaired) electrons. The number of halogens is 1. The van der Waals surface area contributed by atoms with Crippen molar-refractivity contribution in [1.29, 1.82) is 0 Å². The Morgan fingerprint density at radius 1 is 0.714 bits per heavy atom. The molecule has 0 aromatic heterocycles. The number of hydrogen-bond acceptors (Lipinski definition) is 5. The number of nitrogens with zero attached hydrogens (tertiary/aromatic N) is 2. The van der Waals surface area contributed by atoms with Gasteiger partial charge in [-0.2, -0.15) is 0 Å². The Labute approximate surface area is 215 Å². The third-order valence-corrected chi connectivity index (χ3v) is 7.47. The summed E-state index contributed by atoms with van der Waals surface area (Å²) in [6.07, 6.45) is 0. The first-order valence-corrected chi connectivity index (χ1v) is 12.5. The molecule has 2 atom stereocenters. The highest BCUT2D eigenvalue weighted by Crippen LogP contribution is 2.46. The minimum absolute atomic E-state index is 0.00938. The van der Waals surface area contributed by atoms with Crippen LogP contribution in [0.1, 0.15) is 17.2 Å². The maximum absolute atomic E-state index is 6.16. The van der Waals surface area contributed by atoms with E-state index in [2.05, 4.69) is 53.4 Å². The summed E-state index contributed by atoms with van der Waals surface area (Å²) in [6, 6.07) is 34.6. The summed E-state index contributed by atoms with van der Waals surface area (Å²) in [5.74, 6) is 1.64. The van der Waals surface area contributed by atoms with Gasteiger partial charge in [0, 0.05) is 22.0 Å². The van der Waals surface area contributed by atoms with Gasteiger partial charge in [0.1, 0.15) is 28.0 Å². The van der Waals surface area contributed by atoms with Crippen molar-refractivity contribution in [3.8, 4) is 11.5 Å². The molecule has 4 aromatic rings. The maximum Gasteiger partial charge on any atom is 0.119 e. The topological polar surface area (TPSA) is 34.1 Å². The molecule has 4 nitrogen and oxygen atoms in total. The summed E-state index contributed by atoms with van der Waals surface area (Å²) < 4.78 is 10.8. The van der Waals surface area contributed by atoms with Gasteiger partial charge in [0.2, 0.25) is 0 Å². The highest BCUT2D eigenvalue weighted by molar-refractivity contribution is 8.15. The fraction of sp³-hybridized carbons (Fsp3) is 0.138. The average Bonchev–Trinajstić information content (AvgIpc) is 3.35. The number of aliphatic imine (C=N–C) groups is 1. The molecule has 1 aliphatic heterocycles. The van der Waals surface area contributed by atoms with E-state index in [1.165, 1.54) is 5.56 Å². The summed E-state index contributed by atoms with van der Waals surface area (Å²) in [5, 5.41) is 1.70. The zero-order chi connectivity index (χ0) is 24.2. The van der Waals surface area contributed by atoms with Crippen molar-refractivity contribution in [2.45, 2.75) is 11.4 Å². The number of ether oxygens (including phenoxy) is 2. The molecule has 0 fully saturated rings. The second-order valence-electron chi connectivity index (χ2n) is 8.07. The zero-order valence-electron chi connectivity index (χ0n) is 19.5. The monoisotopic (exact) mass is 500 g/mol. The van der Waals surface area contributed by atoms with Crippen molar-refractivity contribution >= 4 is 39.8 Å². The van der Waals surface area contributed by atoms with E-state index in [1.807, 2.05) is 54.6 Å². The molecular weight excluding hydrogens is 476 g/mol. The fourth-order valence-electron chi connectivity index (χ4n) is 4.15. The molecule has 0 unspecified atom stereocenters. The Bertz CT molecular complexity index is 1250. The highest BCUT2D eigenvalue weighted by Gasteiger charge is 2.37. The van der Waals surface area contributed by atoms with Crippen molar-refractivity contribution in [2.75, 3.05) is 19.1 Å². The lowest BCUT2D eigenvalue weighted by atomic mass is 10.1. The molecule has 176 valence electrons. The quantitative estimate of drug-likeness (QED) is 0.259. The third-order valence-electron chi connectivity index (χ3n) is 5.95. The fourth-order valence-corrected chi connectivity index (χ4v) is 5.64. The average molecular weight is 501 g/mol. The predicted molar refractivity (Wildman–Crippen MR) is 147 cm³/mol. The van der Waals surface area contributed by atoms with Gasteiger partial charge in [-0.3, -0.25) is 4.99 Å². The Balaban J connectivity index is 1.61. The standard InChI is InChI=1S/C29H25ClN2O2S/c1-33-25-16-12-23(13-17-25)32(24-14-18-26(34-2)19-15-24)29-27(20-6-4-3-5-7-20)31-28(35-29)21-8-10-22(30)11-9-21/h3-19,27,29H,1-2H3/t27-,29+/m1/s1. The minimum Gasteiger partial charge on any atom is -0.497 e. The van der Waals surface area contributed by atoms with Gasteiger partial charge in [-0.1, -0.05) is 65.8 Å². The van der Waals surface area contributed by atoms with Crippen molar-refractivity contribution in [2.24, 2.45) is 4.99 Å². The van der Waals surface area contributed by atoms with E-state index >= 15 is 0 Å². The van der Waals surface area contributed by atoms with Crippen LogP contribution in [-0.2, 0) is 0 Å². The van der Waals surface area contributed by atoms with Crippen molar-refractivity contribution < 1.29 is 9.47 Å². The lowest BCUT2D eigenvalue weighted by Gasteiger charge is -2.34. The molecule has 1 aliphatic rings. The molecule has 0 spiro atoms. The molecule has 5 rings (SSSR count). The van der Waals surface area contributed by atoms with Crippen LogP contribution in [-0.4, -0.2) is 24.6 Å². The predicted octanol–water partition coefficient (Wildman–Crippen LogP) is 7.76. The van der Waals surface area contributed by atoms with Gasteiger partial charge < -0.3 is 14.4 Å². The highest BCUT2D eigenvalue weighted by atomic mass is 35.5. The largest absolute Gasteiger partial charge is 0.497 e. The Hall–Kier alpha value is -3.41. The lowest BCUT2D eigenvalue weighted by molar-refractivity contribution is 0.415. The Morgan fingerprint density at radius 2 is 1.26 bits per heavy atom. The van der Waals surface area contributed by atoms with Gasteiger partial charge in [-0.25, -0.2) is 0 Å². The van der Waals surface area contributed by atoms with Crippen LogP contribution < -0.4 is 14.4 Å². The van der Waals surface area contributed by atoms with Crippen LogP contribution in [0.4, 0.5) is 11.4 Å². The van der Waals surface area contributed by atoms with E-state index < -0.39 is 0 Å². The van der Waals surface area contributed by atoms with Crippen molar-refractivity contribution in [3.63, 3.8) is 0 Å². The molecule has 1 heterocycles. The molecule has 35 heavy (non-hydrogen) atoms. The summed E-state index contributed by atoms with van der Waals surface area (Å²) >= 11 is 7.92. The smallest absolute Gasteiger partial charge is 0.119 e. The number of rotatable bonds is 7. The van der Waals surface area contributed by atoms with Gasteiger partial charge in [-0.15, -0.1) is 0 Å². The first-order chi connectivity index (χ1) is 17.2. The van der Waals surface area contributed by atoms with E-state index in [0.717, 1.165) is 33.5 Å². The third kappa shape index (κ3) is 5.02. The van der Waals surface area contributed by atoms with Gasteiger partial charge >= 0.3 is 0 Å². The number of hydrogen-bond donors (Lipinski definition) is 0. The van der Waals surface area contributed by atoms with Gasteiger partial charge in [-0.05, 0) is 66.2 Å². The van der Waals surface area contributed by atoms with Crippen LogP contribution in [0.25, 0.3) is 0 Å². The number of anilines is 2. The first-order valence-electron chi connectivity index (χ1n) is 11.3. The molecule has 0 saturated carbocycles. The van der Waals surface area contributed by atoms with E-state index in [1.54, 1.807) is 26.0 Å². The van der Waals surface area contributed by atoms with Gasteiger partial charge in [0.25, 0.3) is 0 Å². The number of benzene rings is 4. The first kappa shape index (κ1) is 23.3. The lowest BCUT2D eigenvalue weighted by Crippen LogP contribution is -2.31. The molecule has 0 N–H and O–H groups in total. The van der Waals surface area contributed by atoms with Crippen LogP contribution in [0.15, 0.2) is 108 Å². The van der Waals surface area contributed by atoms with E-state index in [0.29, 0.717) is 5.02 Å². The maximum atomic E-state index is 6.16. The molecule has 0 saturated heterocycles. The van der Waals surface area contributed by atoms with Crippen molar-refractivity contribution in [1.82, 2.24) is 0 Å². The van der Waals surface area contributed by atoms with Crippen LogP contribution in [0.2, 0.25) is 5.02 Å². The zero-order valence-corrected chi connectivity index (χ0v) is 21.0. The van der Waals surface area contributed by atoms with Crippen LogP contribution in [0, 0.1) is 0 Å². The molecule has 0 aliphatic carbocycles. The molecule has 0 bridgehead atoms. The minimum atomic E-state index is -0.0731. The van der Waals surface area contributed by atoms with Gasteiger partial charge in [0.15, 0.2) is 0 Å². The SMILES string of the molecule is COc1ccc(N(c2ccc(OC)cc2)[C@H]2SC(c3ccc(Cl)cc3)=N[C@@H]2c2ccccc2)cc1. The number of methoxy groups -OCH3 is 2. The van der Waals surface area contributed by atoms with Crippen LogP contribution in [0.5, 0.6) is 11.5 Å². The van der Waals surface area contributed by atoms with Crippen LogP contribution >= 0.6 is 23.4 Å². The second-order valence-corrected chi connectivity index (χ2v) is 9.61. The second kappa shape index (κ2) is 10.5. The van der Waals surface area contributed by atoms with E-state index in [4.69, 9.17) is 26.1 Å². The van der Waals surface area contributed by atoms with E-state index in [9.17, 15) is 0 Å². The summed E-state index contributed by atoms with van der Waals surface area (Å²) in [4.78, 5) is 7.57. The number of thioether (sulfide) groups is 1. The normalized spacial score (nSPS) is 17.1. The van der Waals surface area contributed by atoms with E-state index in [-0.39, 0.29) is 11.4 Å². The summed E-state index contributed by atoms with van der Waals surface area (Å²) in [6.45, 7) is 0. The van der Waals surface area contributed by atoms with Crippen molar-refractivity contribution in [3.05, 3.63) is 119 Å².